The van der Waals surface area contributed by atoms with Gasteiger partial charge >= 0.3 is 0 Å². The van der Waals surface area contributed by atoms with Crippen molar-refractivity contribution < 1.29 is 15.0 Å². The number of nitrogens with zero attached hydrogens (tertiary/aromatic N) is 4. The van der Waals surface area contributed by atoms with Gasteiger partial charge in [-0.25, -0.2) is 9.50 Å². The lowest BCUT2D eigenvalue weighted by Crippen LogP contribution is -2.48. The zero-order valence-corrected chi connectivity index (χ0v) is 17.5. The summed E-state index contributed by atoms with van der Waals surface area (Å²) >= 11 is 0. The van der Waals surface area contributed by atoms with Gasteiger partial charge in [0.15, 0.2) is 5.82 Å². The Morgan fingerprint density at radius 1 is 1.23 bits per heavy atom. The summed E-state index contributed by atoms with van der Waals surface area (Å²) in [5, 5.41) is 27.6. The van der Waals surface area contributed by atoms with Gasteiger partial charge in [0, 0.05) is 18.3 Å². The maximum Gasteiger partial charge on any atom is 0.256 e. The quantitative estimate of drug-likeness (QED) is 0.584. The van der Waals surface area contributed by atoms with Crippen LogP contribution in [0.5, 0.6) is 0 Å². The number of aromatic nitrogens is 3. The monoisotopic (exact) mass is 421 g/mol. The number of rotatable bonds is 5. The van der Waals surface area contributed by atoms with Crippen LogP contribution in [-0.4, -0.2) is 60.4 Å². The van der Waals surface area contributed by atoms with E-state index in [1.54, 1.807) is 10.7 Å². The number of benzene rings is 1. The third-order valence-electron chi connectivity index (χ3n) is 6.70. The molecule has 8 heteroatoms. The molecular formula is C23H27N5O3. The Balaban J connectivity index is 1.49. The van der Waals surface area contributed by atoms with Crippen LogP contribution in [0.4, 0.5) is 5.82 Å². The number of hydrogen-bond acceptors (Lipinski definition) is 6. The fourth-order valence-electron chi connectivity index (χ4n) is 5.19. The van der Waals surface area contributed by atoms with E-state index in [4.69, 9.17) is 0 Å². The average molecular weight is 422 g/mol. The van der Waals surface area contributed by atoms with Gasteiger partial charge in [-0.3, -0.25) is 4.79 Å². The topological polar surface area (TPSA) is 103 Å². The summed E-state index contributed by atoms with van der Waals surface area (Å²) in [6.07, 6.45) is 6.09. The molecule has 162 valence electrons. The molecule has 4 heterocycles. The predicted octanol–water partition coefficient (Wildman–Crippen LogP) is 2.31. The van der Waals surface area contributed by atoms with Crippen LogP contribution in [0, 0.1) is 6.92 Å². The number of piperidine rings is 1. The average Bonchev–Trinajstić information content (AvgIpc) is 3.26. The van der Waals surface area contributed by atoms with Gasteiger partial charge in [-0.15, -0.1) is 0 Å². The first-order chi connectivity index (χ1) is 15.1. The molecule has 31 heavy (non-hydrogen) atoms. The van der Waals surface area contributed by atoms with Gasteiger partial charge in [-0.2, -0.15) is 5.10 Å². The molecule has 2 bridgehead atoms. The van der Waals surface area contributed by atoms with E-state index < -0.39 is 0 Å². The van der Waals surface area contributed by atoms with Crippen LogP contribution in [0.2, 0.25) is 0 Å². The standard InChI is InChI=1S/C23H27N5O3/c1-14-19(23(31)28-16-7-8-17(28)10-18(30)9-16)11-27-21(14)22(24-13-25-27)26-20(12-29)15-5-3-2-4-6-15/h2-6,11,13,16-18,20,29-30H,7-10,12H2,1H3,(H,24,25,26)/t16?,17?,18?,20-/m1/s1. The van der Waals surface area contributed by atoms with Crippen molar-refractivity contribution in [1.29, 1.82) is 0 Å². The summed E-state index contributed by atoms with van der Waals surface area (Å²) in [5.41, 5.74) is 3.09. The summed E-state index contributed by atoms with van der Waals surface area (Å²) in [7, 11) is 0. The second-order valence-corrected chi connectivity index (χ2v) is 8.58. The Labute approximate surface area is 180 Å². The second kappa shape index (κ2) is 7.94. The summed E-state index contributed by atoms with van der Waals surface area (Å²) in [4.78, 5) is 19.9. The van der Waals surface area contributed by atoms with E-state index in [-0.39, 0.29) is 36.7 Å². The third-order valence-corrected chi connectivity index (χ3v) is 6.70. The molecule has 0 radical (unpaired) electrons. The van der Waals surface area contributed by atoms with Crippen molar-refractivity contribution in [2.24, 2.45) is 0 Å². The van der Waals surface area contributed by atoms with Gasteiger partial charge in [0.2, 0.25) is 0 Å². The minimum Gasteiger partial charge on any atom is -0.394 e. The molecule has 8 nitrogen and oxygen atoms in total. The van der Waals surface area contributed by atoms with Crippen molar-refractivity contribution in [3.8, 4) is 0 Å². The van der Waals surface area contributed by atoms with Gasteiger partial charge in [-0.05, 0) is 43.7 Å². The first kappa shape index (κ1) is 20.0. The van der Waals surface area contributed by atoms with E-state index in [9.17, 15) is 15.0 Å². The van der Waals surface area contributed by atoms with Crippen molar-refractivity contribution >= 4 is 17.2 Å². The van der Waals surface area contributed by atoms with Crippen LogP contribution in [0.15, 0.2) is 42.9 Å². The normalized spacial score (nSPS) is 23.8. The number of nitrogens with one attached hydrogen (secondary N) is 1. The number of anilines is 1. The molecule has 2 unspecified atom stereocenters. The Morgan fingerprint density at radius 2 is 1.94 bits per heavy atom. The minimum atomic E-state index is -0.326. The fraction of sp³-hybridized carbons (Fsp3) is 0.435. The van der Waals surface area contributed by atoms with Crippen molar-refractivity contribution in [3.63, 3.8) is 0 Å². The number of aliphatic hydroxyl groups excluding tert-OH is 2. The maximum atomic E-state index is 13.5. The summed E-state index contributed by atoms with van der Waals surface area (Å²) in [6.45, 7) is 1.82. The van der Waals surface area contributed by atoms with Gasteiger partial charge < -0.3 is 20.4 Å². The van der Waals surface area contributed by atoms with E-state index in [1.165, 1.54) is 6.33 Å². The summed E-state index contributed by atoms with van der Waals surface area (Å²) in [5.74, 6) is 0.571. The lowest BCUT2D eigenvalue weighted by molar-refractivity contribution is 0.0286. The maximum absolute atomic E-state index is 13.5. The van der Waals surface area contributed by atoms with Crippen molar-refractivity contribution in [2.75, 3.05) is 11.9 Å². The van der Waals surface area contributed by atoms with Crippen LogP contribution in [-0.2, 0) is 0 Å². The highest BCUT2D eigenvalue weighted by Crippen LogP contribution is 2.38. The highest BCUT2D eigenvalue weighted by Gasteiger charge is 2.43. The highest BCUT2D eigenvalue weighted by molar-refractivity contribution is 5.99. The molecule has 1 amide bonds. The first-order valence-corrected chi connectivity index (χ1v) is 10.8. The highest BCUT2D eigenvalue weighted by atomic mass is 16.3. The summed E-state index contributed by atoms with van der Waals surface area (Å²) in [6, 6.07) is 9.57. The molecule has 3 N–H and O–H groups in total. The number of hydrogen-bond donors (Lipinski definition) is 3. The summed E-state index contributed by atoms with van der Waals surface area (Å²) < 4.78 is 1.68. The number of carbonyl (C=O) groups is 1. The molecule has 5 rings (SSSR count). The predicted molar refractivity (Wildman–Crippen MR) is 116 cm³/mol. The smallest absolute Gasteiger partial charge is 0.256 e. The number of carbonyl (C=O) groups excluding carboxylic acids is 1. The van der Waals surface area contributed by atoms with Crippen molar-refractivity contribution in [1.82, 2.24) is 19.5 Å². The third kappa shape index (κ3) is 3.45. The molecule has 2 aliphatic heterocycles. The van der Waals surface area contributed by atoms with E-state index in [2.05, 4.69) is 15.4 Å². The molecule has 1 aromatic carbocycles. The molecule has 3 atom stereocenters. The number of aliphatic hydroxyl groups is 2. The van der Waals surface area contributed by atoms with E-state index in [0.717, 1.165) is 29.5 Å². The molecule has 2 aromatic heterocycles. The Hall–Kier alpha value is -2.97. The Bertz CT molecular complexity index is 1090. The van der Waals surface area contributed by atoms with Crippen LogP contribution in [0.25, 0.3) is 5.52 Å². The number of fused-ring (bicyclic) bond motifs is 3. The minimum absolute atomic E-state index is 0.00452. The van der Waals surface area contributed by atoms with Gasteiger partial charge in [0.05, 0.1) is 24.3 Å². The van der Waals surface area contributed by atoms with Gasteiger partial charge in [0.1, 0.15) is 11.8 Å². The molecule has 3 aromatic rings. The lowest BCUT2D eigenvalue weighted by atomic mass is 9.98. The van der Waals surface area contributed by atoms with E-state index >= 15 is 0 Å². The largest absolute Gasteiger partial charge is 0.394 e. The van der Waals surface area contributed by atoms with Gasteiger partial charge in [-0.1, -0.05) is 30.3 Å². The SMILES string of the molecule is Cc1c(C(=O)N2C3CCC2CC(O)C3)cn2ncnc(N[C@H](CO)c3ccccc3)c12. The Kier molecular flexibility index (Phi) is 5.11. The van der Waals surface area contributed by atoms with Crippen molar-refractivity contribution in [3.05, 3.63) is 59.5 Å². The zero-order chi connectivity index (χ0) is 21.5. The molecular weight excluding hydrogens is 394 g/mol. The molecule has 2 fully saturated rings. The fourth-order valence-corrected chi connectivity index (χ4v) is 5.19. The molecule has 0 saturated carbocycles. The van der Waals surface area contributed by atoms with Crippen LogP contribution >= 0.6 is 0 Å². The number of amides is 1. The molecule has 2 aliphatic rings. The van der Waals surface area contributed by atoms with Gasteiger partial charge in [0.25, 0.3) is 5.91 Å². The van der Waals surface area contributed by atoms with Crippen LogP contribution < -0.4 is 5.32 Å². The number of aryl methyl sites for hydroxylation is 1. The van der Waals surface area contributed by atoms with Crippen molar-refractivity contribution in [2.45, 2.75) is 56.8 Å². The molecule has 2 saturated heterocycles. The zero-order valence-electron chi connectivity index (χ0n) is 17.5. The van der Waals surface area contributed by atoms with Crippen LogP contribution in [0.3, 0.4) is 0 Å². The Morgan fingerprint density at radius 3 is 2.61 bits per heavy atom. The van der Waals surface area contributed by atoms with E-state index in [1.807, 2.05) is 42.2 Å². The second-order valence-electron chi connectivity index (χ2n) is 8.58. The lowest BCUT2D eigenvalue weighted by Gasteiger charge is -2.37. The first-order valence-electron chi connectivity index (χ1n) is 10.8. The molecule has 0 aliphatic carbocycles. The molecule has 0 spiro atoms. The van der Waals surface area contributed by atoms with E-state index in [0.29, 0.717) is 24.2 Å². The van der Waals surface area contributed by atoms with Crippen LogP contribution in [0.1, 0.15) is 53.2 Å².